The second-order valence-electron chi connectivity index (χ2n) is 8.17. The molecule has 0 aromatic carbocycles. The van der Waals surface area contributed by atoms with E-state index in [2.05, 4.69) is 31.0 Å². The van der Waals surface area contributed by atoms with Crippen LogP contribution in [-0.2, 0) is 14.3 Å². The molecular formula is C20H32N6O3. The zero-order valence-electron chi connectivity index (χ0n) is 17.5. The Labute approximate surface area is 172 Å². The topological polar surface area (TPSA) is 74.3 Å². The summed E-state index contributed by atoms with van der Waals surface area (Å²) in [7, 11) is 0. The van der Waals surface area contributed by atoms with Gasteiger partial charge in [0.25, 0.3) is 0 Å². The van der Waals surface area contributed by atoms with Crippen LogP contribution in [0.3, 0.4) is 0 Å². The third-order valence-electron chi connectivity index (χ3n) is 5.80. The summed E-state index contributed by atoms with van der Waals surface area (Å²) >= 11 is 0. The molecule has 2 atom stereocenters. The van der Waals surface area contributed by atoms with Crippen molar-refractivity contribution in [3.05, 3.63) is 12.1 Å². The standard InChI is InChI=1S/C20H32N6O3/c1-16-13-26(14-17(2)29-16)20(27)15-23-5-7-24(8-6-23)18-3-4-19(22-21-18)25-9-11-28-12-10-25/h3-4,16-17H,5-15H2,1-2H3. The zero-order valence-corrected chi connectivity index (χ0v) is 17.5. The van der Waals surface area contributed by atoms with E-state index in [1.165, 1.54) is 0 Å². The fraction of sp³-hybridized carbons (Fsp3) is 0.750. The van der Waals surface area contributed by atoms with Gasteiger partial charge in [-0.1, -0.05) is 0 Å². The average Bonchev–Trinajstić information content (AvgIpc) is 2.74. The van der Waals surface area contributed by atoms with Gasteiger partial charge in [0, 0.05) is 52.4 Å². The summed E-state index contributed by atoms with van der Waals surface area (Å²) in [6.45, 7) is 12.5. The maximum absolute atomic E-state index is 12.7. The van der Waals surface area contributed by atoms with Crippen LogP contribution in [0.4, 0.5) is 11.6 Å². The van der Waals surface area contributed by atoms with Crippen molar-refractivity contribution in [2.45, 2.75) is 26.1 Å². The molecule has 0 aliphatic carbocycles. The van der Waals surface area contributed by atoms with Crippen molar-refractivity contribution in [2.75, 3.05) is 81.9 Å². The van der Waals surface area contributed by atoms with Crippen molar-refractivity contribution < 1.29 is 14.3 Å². The van der Waals surface area contributed by atoms with Gasteiger partial charge in [0.1, 0.15) is 0 Å². The molecule has 0 radical (unpaired) electrons. The van der Waals surface area contributed by atoms with Crippen molar-refractivity contribution in [1.29, 1.82) is 0 Å². The molecule has 1 aromatic rings. The molecule has 9 nitrogen and oxygen atoms in total. The molecule has 1 amide bonds. The fourth-order valence-corrected chi connectivity index (χ4v) is 4.26. The number of morpholine rings is 2. The van der Waals surface area contributed by atoms with E-state index >= 15 is 0 Å². The molecule has 3 fully saturated rings. The number of hydrogen-bond acceptors (Lipinski definition) is 8. The maximum atomic E-state index is 12.7. The highest BCUT2D eigenvalue weighted by molar-refractivity contribution is 5.78. The molecule has 29 heavy (non-hydrogen) atoms. The first-order valence-electron chi connectivity index (χ1n) is 10.7. The van der Waals surface area contributed by atoms with Gasteiger partial charge in [-0.25, -0.2) is 0 Å². The van der Waals surface area contributed by atoms with Crippen LogP contribution in [0.2, 0.25) is 0 Å². The minimum absolute atomic E-state index is 0.110. The zero-order chi connectivity index (χ0) is 20.2. The van der Waals surface area contributed by atoms with E-state index < -0.39 is 0 Å². The first kappa shape index (κ1) is 20.3. The number of hydrogen-bond donors (Lipinski definition) is 0. The highest BCUT2D eigenvalue weighted by atomic mass is 16.5. The first-order chi connectivity index (χ1) is 14.1. The molecule has 0 spiro atoms. The minimum atomic E-state index is 0.110. The highest BCUT2D eigenvalue weighted by Crippen LogP contribution is 2.18. The van der Waals surface area contributed by atoms with Crippen LogP contribution in [0.5, 0.6) is 0 Å². The lowest BCUT2D eigenvalue weighted by Gasteiger charge is -2.38. The smallest absolute Gasteiger partial charge is 0.236 e. The summed E-state index contributed by atoms with van der Waals surface area (Å²) in [5.41, 5.74) is 0. The lowest BCUT2D eigenvalue weighted by molar-refractivity contribution is -0.144. The largest absolute Gasteiger partial charge is 0.378 e. The van der Waals surface area contributed by atoms with Gasteiger partial charge in [-0.15, -0.1) is 10.2 Å². The third kappa shape index (κ3) is 5.15. The van der Waals surface area contributed by atoms with E-state index in [4.69, 9.17) is 9.47 Å². The van der Waals surface area contributed by atoms with Crippen LogP contribution in [-0.4, -0.2) is 110 Å². The lowest BCUT2D eigenvalue weighted by Crippen LogP contribution is -2.54. The first-order valence-corrected chi connectivity index (χ1v) is 10.7. The third-order valence-corrected chi connectivity index (χ3v) is 5.80. The summed E-state index contributed by atoms with van der Waals surface area (Å²) < 4.78 is 11.1. The fourth-order valence-electron chi connectivity index (χ4n) is 4.26. The van der Waals surface area contributed by atoms with Crippen LogP contribution in [0, 0.1) is 0 Å². The molecule has 0 saturated carbocycles. The number of amides is 1. The second-order valence-corrected chi connectivity index (χ2v) is 8.17. The average molecular weight is 405 g/mol. The monoisotopic (exact) mass is 404 g/mol. The molecule has 3 aliphatic rings. The predicted molar refractivity (Wildman–Crippen MR) is 110 cm³/mol. The Balaban J connectivity index is 1.25. The highest BCUT2D eigenvalue weighted by Gasteiger charge is 2.28. The second kappa shape index (κ2) is 9.23. The van der Waals surface area contributed by atoms with Gasteiger partial charge >= 0.3 is 0 Å². The number of ether oxygens (including phenoxy) is 2. The lowest BCUT2D eigenvalue weighted by atomic mass is 10.2. The summed E-state index contributed by atoms with van der Waals surface area (Å²) in [5, 5.41) is 8.85. The molecule has 160 valence electrons. The van der Waals surface area contributed by atoms with Crippen LogP contribution in [0.1, 0.15) is 13.8 Å². The van der Waals surface area contributed by atoms with Gasteiger partial charge in [-0.2, -0.15) is 0 Å². The number of aromatic nitrogens is 2. The number of carbonyl (C=O) groups excluding carboxylic acids is 1. The Morgan fingerprint density at radius 2 is 1.48 bits per heavy atom. The Kier molecular flexibility index (Phi) is 6.46. The normalized spacial score (nSPS) is 26.6. The molecule has 4 heterocycles. The van der Waals surface area contributed by atoms with Crippen LogP contribution in [0.15, 0.2) is 12.1 Å². The number of nitrogens with zero attached hydrogens (tertiary/aromatic N) is 6. The number of anilines is 2. The van der Waals surface area contributed by atoms with Gasteiger partial charge < -0.3 is 24.2 Å². The maximum Gasteiger partial charge on any atom is 0.236 e. The number of rotatable bonds is 4. The van der Waals surface area contributed by atoms with Gasteiger partial charge in [0.15, 0.2) is 11.6 Å². The minimum Gasteiger partial charge on any atom is -0.378 e. The van der Waals surface area contributed by atoms with Gasteiger partial charge in [-0.3, -0.25) is 9.69 Å². The van der Waals surface area contributed by atoms with Crippen LogP contribution < -0.4 is 9.80 Å². The summed E-state index contributed by atoms with van der Waals surface area (Å²) in [6, 6.07) is 4.10. The SMILES string of the molecule is CC1CN(C(=O)CN2CCN(c3ccc(N4CCOCC4)nn3)CC2)CC(C)O1. The van der Waals surface area contributed by atoms with Crippen molar-refractivity contribution in [3.63, 3.8) is 0 Å². The molecule has 4 rings (SSSR count). The molecule has 1 aromatic heterocycles. The summed E-state index contributed by atoms with van der Waals surface area (Å²) in [6.07, 6.45) is 0.220. The van der Waals surface area contributed by atoms with E-state index in [1.807, 2.05) is 24.8 Å². The van der Waals surface area contributed by atoms with Crippen molar-refractivity contribution in [2.24, 2.45) is 0 Å². The Morgan fingerprint density at radius 3 is 2.03 bits per heavy atom. The Morgan fingerprint density at radius 1 is 0.931 bits per heavy atom. The van der Waals surface area contributed by atoms with E-state index in [0.29, 0.717) is 19.6 Å². The van der Waals surface area contributed by atoms with Crippen molar-refractivity contribution >= 4 is 17.5 Å². The molecule has 3 aliphatic heterocycles. The number of piperazine rings is 1. The molecular weight excluding hydrogens is 372 g/mol. The molecule has 2 unspecified atom stereocenters. The van der Waals surface area contributed by atoms with E-state index in [9.17, 15) is 4.79 Å². The van der Waals surface area contributed by atoms with Crippen LogP contribution in [0.25, 0.3) is 0 Å². The Hall–Kier alpha value is -1.97. The predicted octanol–water partition coefficient (Wildman–Crippen LogP) is 0.0710. The van der Waals surface area contributed by atoms with Crippen molar-refractivity contribution in [3.8, 4) is 0 Å². The molecule has 3 saturated heterocycles. The molecule has 9 heteroatoms. The summed E-state index contributed by atoms with van der Waals surface area (Å²) in [4.78, 5) is 21.3. The van der Waals surface area contributed by atoms with Gasteiger partial charge in [0.2, 0.25) is 5.91 Å². The molecule has 0 bridgehead atoms. The van der Waals surface area contributed by atoms with Crippen molar-refractivity contribution in [1.82, 2.24) is 20.0 Å². The van der Waals surface area contributed by atoms with E-state index in [0.717, 1.165) is 64.1 Å². The Bertz CT molecular complexity index is 663. The quantitative estimate of drug-likeness (QED) is 0.698. The van der Waals surface area contributed by atoms with Crippen LogP contribution >= 0.6 is 0 Å². The van der Waals surface area contributed by atoms with E-state index in [-0.39, 0.29) is 18.1 Å². The van der Waals surface area contributed by atoms with Gasteiger partial charge in [-0.05, 0) is 26.0 Å². The summed E-state index contributed by atoms with van der Waals surface area (Å²) in [5.74, 6) is 2.02. The van der Waals surface area contributed by atoms with E-state index in [1.54, 1.807) is 0 Å². The van der Waals surface area contributed by atoms with Gasteiger partial charge in [0.05, 0.1) is 32.0 Å². The molecule has 0 N–H and O–H groups in total. The number of carbonyl (C=O) groups is 1.